The average Bonchev–Trinajstić information content (AvgIpc) is 2.85. The fourth-order valence-corrected chi connectivity index (χ4v) is 3.72. The van der Waals surface area contributed by atoms with Gasteiger partial charge in [-0.15, -0.1) is 5.10 Å². The third kappa shape index (κ3) is 5.08. The van der Waals surface area contributed by atoms with Gasteiger partial charge in [0.05, 0.1) is 5.56 Å². The van der Waals surface area contributed by atoms with E-state index in [1.165, 1.54) is 18.3 Å². The van der Waals surface area contributed by atoms with E-state index in [0.717, 1.165) is 6.92 Å². The molecule has 35 heavy (non-hydrogen) atoms. The number of aromatic amines is 1. The molecule has 0 radical (unpaired) electrons. The largest absolute Gasteiger partial charge is 0.437 e. The standard InChI is InChI=1S/C23H19F3N6O3/c1-14-19(23(24,25)26)20(33)29-30-21(14)35-17-4-2-3-16(11-17)22(34)32-9-7-31(8-10-32)18-6-5-15(12-27)13-28-18/h2-6,11,13H,7-10H2,1H3,(H,29,33). The number of carbonyl (C=O) groups is 1. The number of alkyl halides is 3. The van der Waals surface area contributed by atoms with Gasteiger partial charge in [-0.2, -0.15) is 18.4 Å². The van der Waals surface area contributed by atoms with Crippen molar-refractivity contribution in [3.05, 3.63) is 75.2 Å². The molecular formula is C23H19F3N6O3. The van der Waals surface area contributed by atoms with Crippen LogP contribution in [-0.4, -0.2) is 52.2 Å². The lowest BCUT2D eigenvalue weighted by Crippen LogP contribution is -2.49. The Morgan fingerprint density at radius 3 is 2.54 bits per heavy atom. The van der Waals surface area contributed by atoms with E-state index in [4.69, 9.17) is 10.00 Å². The first kappa shape index (κ1) is 23.7. The summed E-state index contributed by atoms with van der Waals surface area (Å²) >= 11 is 0. The van der Waals surface area contributed by atoms with Crippen LogP contribution in [0.3, 0.4) is 0 Å². The maximum absolute atomic E-state index is 13.2. The number of rotatable bonds is 4. The number of piperazine rings is 1. The fourth-order valence-electron chi connectivity index (χ4n) is 3.72. The number of nitrogens with zero attached hydrogens (tertiary/aromatic N) is 5. The van der Waals surface area contributed by atoms with Crippen molar-refractivity contribution in [2.45, 2.75) is 13.1 Å². The van der Waals surface area contributed by atoms with E-state index in [1.807, 2.05) is 11.0 Å². The van der Waals surface area contributed by atoms with Crippen LogP contribution in [0.1, 0.15) is 27.0 Å². The van der Waals surface area contributed by atoms with E-state index in [9.17, 15) is 22.8 Å². The summed E-state index contributed by atoms with van der Waals surface area (Å²) in [5, 5.41) is 14.3. The number of halogens is 3. The molecule has 0 spiro atoms. The maximum Gasteiger partial charge on any atom is 0.422 e. The molecule has 12 heteroatoms. The van der Waals surface area contributed by atoms with E-state index >= 15 is 0 Å². The highest BCUT2D eigenvalue weighted by Crippen LogP contribution is 2.33. The molecule has 3 heterocycles. The Labute approximate surface area is 197 Å². The van der Waals surface area contributed by atoms with Gasteiger partial charge in [0.15, 0.2) is 0 Å². The summed E-state index contributed by atoms with van der Waals surface area (Å²) in [6.07, 6.45) is -3.37. The highest BCUT2D eigenvalue weighted by atomic mass is 19.4. The van der Waals surface area contributed by atoms with Crippen LogP contribution < -0.4 is 15.2 Å². The second-order valence-corrected chi connectivity index (χ2v) is 7.78. The van der Waals surface area contributed by atoms with Crippen molar-refractivity contribution in [3.8, 4) is 17.7 Å². The van der Waals surface area contributed by atoms with Crippen molar-refractivity contribution in [1.29, 1.82) is 5.26 Å². The molecule has 1 fully saturated rings. The third-order valence-electron chi connectivity index (χ3n) is 5.53. The van der Waals surface area contributed by atoms with Gasteiger partial charge in [-0.05, 0) is 37.3 Å². The molecule has 1 aliphatic heterocycles. The normalized spacial score (nSPS) is 13.9. The summed E-state index contributed by atoms with van der Waals surface area (Å²) in [6.45, 7) is 3.04. The van der Waals surface area contributed by atoms with Crippen molar-refractivity contribution < 1.29 is 22.7 Å². The van der Waals surface area contributed by atoms with Crippen LogP contribution in [0.15, 0.2) is 47.4 Å². The number of anilines is 1. The molecule has 0 unspecified atom stereocenters. The predicted molar refractivity (Wildman–Crippen MR) is 118 cm³/mol. The van der Waals surface area contributed by atoms with Gasteiger partial charge in [0, 0.05) is 43.5 Å². The average molecular weight is 484 g/mol. The summed E-state index contributed by atoms with van der Waals surface area (Å²) in [6, 6.07) is 11.5. The minimum atomic E-state index is -4.87. The number of aromatic nitrogens is 3. The molecular weight excluding hydrogens is 465 g/mol. The van der Waals surface area contributed by atoms with E-state index < -0.39 is 28.7 Å². The Hall–Kier alpha value is -4.40. The molecule has 1 N–H and O–H groups in total. The zero-order valence-corrected chi connectivity index (χ0v) is 18.5. The number of H-pyrrole nitrogens is 1. The van der Waals surface area contributed by atoms with Gasteiger partial charge in [-0.25, -0.2) is 10.1 Å². The Morgan fingerprint density at radius 2 is 1.91 bits per heavy atom. The third-order valence-corrected chi connectivity index (χ3v) is 5.53. The summed E-state index contributed by atoms with van der Waals surface area (Å²) in [7, 11) is 0. The Morgan fingerprint density at radius 1 is 1.17 bits per heavy atom. The van der Waals surface area contributed by atoms with Crippen molar-refractivity contribution in [3.63, 3.8) is 0 Å². The van der Waals surface area contributed by atoms with E-state index in [0.29, 0.717) is 43.1 Å². The molecule has 3 aromatic rings. The molecule has 4 rings (SSSR count). The van der Waals surface area contributed by atoms with Gasteiger partial charge in [0.1, 0.15) is 23.2 Å². The Balaban J connectivity index is 1.45. The molecule has 9 nitrogen and oxygen atoms in total. The molecule has 1 saturated heterocycles. The molecule has 0 atom stereocenters. The number of carbonyl (C=O) groups excluding carboxylic acids is 1. The van der Waals surface area contributed by atoms with Crippen molar-refractivity contribution >= 4 is 11.7 Å². The summed E-state index contributed by atoms with van der Waals surface area (Å²) in [5.74, 6) is 0.149. The van der Waals surface area contributed by atoms with Crippen LogP contribution in [0.4, 0.5) is 19.0 Å². The van der Waals surface area contributed by atoms with Gasteiger partial charge >= 0.3 is 6.18 Å². The lowest BCUT2D eigenvalue weighted by molar-refractivity contribution is -0.139. The minimum absolute atomic E-state index is 0.104. The number of hydrogen-bond acceptors (Lipinski definition) is 7. The van der Waals surface area contributed by atoms with E-state index in [-0.39, 0.29) is 11.7 Å². The van der Waals surface area contributed by atoms with Crippen LogP contribution in [0.5, 0.6) is 11.6 Å². The minimum Gasteiger partial charge on any atom is -0.437 e. The van der Waals surface area contributed by atoms with Crippen LogP contribution >= 0.6 is 0 Å². The smallest absolute Gasteiger partial charge is 0.422 e. The summed E-state index contributed by atoms with van der Waals surface area (Å²) in [5.41, 5.74) is -2.44. The maximum atomic E-state index is 13.2. The second kappa shape index (κ2) is 9.46. The Kier molecular flexibility index (Phi) is 6.42. The fraction of sp³-hybridized carbons (Fsp3) is 0.261. The van der Waals surface area contributed by atoms with Crippen LogP contribution in [0.25, 0.3) is 0 Å². The molecule has 180 valence electrons. The quantitative estimate of drug-likeness (QED) is 0.605. The van der Waals surface area contributed by atoms with Crippen molar-refractivity contribution in [2.24, 2.45) is 0 Å². The molecule has 0 aliphatic carbocycles. The first-order valence-electron chi connectivity index (χ1n) is 10.5. The first-order valence-corrected chi connectivity index (χ1v) is 10.5. The number of amides is 1. The Bertz CT molecular complexity index is 1340. The van der Waals surface area contributed by atoms with Crippen molar-refractivity contribution in [2.75, 3.05) is 31.1 Å². The predicted octanol–water partition coefficient (Wildman–Crippen LogP) is 3.12. The number of hydrogen-bond donors (Lipinski definition) is 1. The van der Waals surface area contributed by atoms with E-state index in [1.54, 1.807) is 34.3 Å². The summed E-state index contributed by atoms with van der Waals surface area (Å²) in [4.78, 5) is 32.5. The van der Waals surface area contributed by atoms with Crippen LogP contribution in [0, 0.1) is 18.3 Å². The first-order chi connectivity index (χ1) is 16.7. The van der Waals surface area contributed by atoms with Gasteiger partial charge in [0.2, 0.25) is 5.88 Å². The second-order valence-electron chi connectivity index (χ2n) is 7.78. The SMILES string of the molecule is Cc1c(Oc2cccc(C(=O)N3CCN(c4ccc(C#N)cn4)CC3)c2)n[nH]c(=O)c1C(F)(F)F. The topological polar surface area (TPSA) is 115 Å². The van der Waals surface area contributed by atoms with Gasteiger partial charge in [-0.1, -0.05) is 6.07 Å². The molecule has 2 aromatic heterocycles. The highest BCUT2D eigenvalue weighted by Gasteiger charge is 2.37. The number of nitriles is 1. The number of ether oxygens (including phenoxy) is 1. The van der Waals surface area contributed by atoms with Crippen LogP contribution in [0.2, 0.25) is 0 Å². The molecule has 0 bridgehead atoms. The zero-order valence-electron chi connectivity index (χ0n) is 18.5. The van der Waals surface area contributed by atoms with Gasteiger partial charge in [0.25, 0.3) is 11.5 Å². The van der Waals surface area contributed by atoms with E-state index in [2.05, 4.69) is 10.1 Å². The summed E-state index contributed by atoms with van der Waals surface area (Å²) < 4.78 is 45.1. The lowest BCUT2D eigenvalue weighted by Gasteiger charge is -2.35. The molecule has 1 aromatic carbocycles. The highest BCUT2D eigenvalue weighted by molar-refractivity contribution is 5.94. The van der Waals surface area contributed by atoms with Crippen LogP contribution in [-0.2, 0) is 6.18 Å². The monoisotopic (exact) mass is 484 g/mol. The zero-order chi connectivity index (χ0) is 25.2. The molecule has 0 saturated carbocycles. The lowest BCUT2D eigenvalue weighted by atomic mass is 10.1. The van der Waals surface area contributed by atoms with Gasteiger partial charge in [-0.3, -0.25) is 9.59 Å². The number of nitrogens with one attached hydrogen (secondary N) is 1. The number of benzene rings is 1. The van der Waals surface area contributed by atoms with Crippen molar-refractivity contribution in [1.82, 2.24) is 20.1 Å². The molecule has 1 amide bonds. The van der Waals surface area contributed by atoms with Gasteiger partial charge < -0.3 is 14.5 Å². The molecule has 1 aliphatic rings. The number of pyridine rings is 1.